The topological polar surface area (TPSA) is 38.0 Å². The Bertz CT molecular complexity index is 273. The summed E-state index contributed by atoms with van der Waals surface area (Å²) in [6.45, 7) is 7.76. The van der Waals surface area contributed by atoms with Crippen LogP contribution < -0.4 is 0 Å². The minimum Gasteiger partial charge on any atom is -0.384 e. The van der Waals surface area contributed by atoms with Crippen molar-refractivity contribution < 1.29 is 5.11 Å². The van der Waals surface area contributed by atoms with Crippen LogP contribution in [0.25, 0.3) is 0 Å². The number of imidazole rings is 1. The van der Waals surface area contributed by atoms with Crippen molar-refractivity contribution in [1.29, 1.82) is 0 Å². The summed E-state index contributed by atoms with van der Waals surface area (Å²) in [4.78, 5) is 4.17. The predicted molar refractivity (Wildman–Crippen MR) is 52.5 cm³/mol. The molecule has 3 nitrogen and oxygen atoms in total. The average Bonchev–Trinajstić information content (AvgIpc) is 2.50. The van der Waals surface area contributed by atoms with Crippen LogP contribution in [-0.2, 0) is 5.60 Å². The van der Waals surface area contributed by atoms with E-state index < -0.39 is 5.60 Å². The van der Waals surface area contributed by atoms with Crippen molar-refractivity contribution in [2.75, 3.05) is 0 Å². The third-order valence-electron chi connectivity index (χ3n) is 2.33. The van der Waals surface area contributed by atoms with Crippen LogP contribution in [-0.4, -0.2) is 14.7 Å². The van der Waals surface area contributed by atoms with Gasteiger partial charge in [0.1, 0.15) is 5.60 Å². The van der Waals surface area contributed by atoms with Crippen LogP contribution in [0.4, 0.5) is 0 Å². The molecule has 0 amide bonds. The highest BCUT2D eigenvalue weighted by Crippen LogP contribution is 2.19. The predicted octanol–water partition coefficient (Wildman–Crippen LogP) is 2.08. The zero-order valence-corrected chi connectivity index (χ0v) is 8.78. The van der Waals surface area contributed by atoms with Crippen molar-refractivity contribution in [3.8, 4) is 0 Å². The summed E-state index contributed by atoms with van der Waals surface area (Å²) >= 11 is 0. The summed E-state index contributed by atoms with van der Waals surface area (Å²) < 4.78 is 2.04. The zero-order chi connectivity index (χ0) is 10.1. The first kappa shape index (κ1) is 10.3. The monoisotopic (exact) mass is 182 g/mol. The van der Waals surface area contributed by atoms with Gasteiger partial charge in [-0.15, -0.1) is 0 Å². The Morgan fingerprint density at radius 1 is 1.62 bits per heavy atom. The first-order valence-corrected chi connectivity index (χ1v) is 4.71. The van der Waals surface area contributed by atoms with Gasteiger partial charge in [-0.2, -0.15) is 0 Å². The molecule has 1 unspecified atom stereocenters. The normalized spacial score (nSPS) is 14.5. The molecule has 1 N–H and O–H groups in total. The fourth-order valence-electron chi connectivity index (χ4n) is 1.10. The molecule has 0 saturated heterocycles. The molecule has 13 heavy (non-hydrogen) atoms. The Morgan fingerprint density at radius 3 is 2.62 bits per heavy atom. The number of aliphatic hydroxyl groups is 1. The molecule has 0 aliphatic heterocycles. The Hall–Kier alpha value is -0.830. The molecule has 0 aliphatic rings. The maximum Gasteiger partial charge on any atom is 0.102 e. The average molecular weight is 182 g/mol. The van der Waals surface area contributed by atoms with Crippen molar-refractivity contribution in [2.24, 2.45) is 0 Å². The van der Waals surface area contributed by atoms with Gasteiger partial charge in [-0.25, -0.2) is 4.98 Å². The Kier molecular flexibility index (Phi) is 2.76. The van der Waals surface area contributed by atoms with Crippen LogP contribution in [0.1, 0.15) is 45.9 Å². The Morgan fingerprint density at radius 2 is 2.23 bits per heavy atom. The van der Waals surface area contributed by atoms with E-state index in [9.17, 15) is 5.11 Å². The molecule has 0 saturated carbocycles. The van der Waals surface area contributed by atoms with E-state index in [4.69, 9.17) is 0 Å². The summed E-state index contributed by atoms with van der Waals surface area (Å²) in [5.41, 5.74) is -0.105. The van der Waals surface area contributed by atoms with Crippen LogP contribution in [0.3, 0.4) is 0 Å². The molecule has 0 radical (unpaired) electrons. The highest BCUT2D eigenvalue weighted by Gasteiger charge is 2.19. The maximum absolute atomic E-state index is 9.68. The zero-order valence-electron chi connectivity index (χ0n) is 8.78. The van der Waals surface area contributed by atoms with E-state index in [2.05, 4.69) is 18.8 Å². The van der Waals surface area contributed by atoms with Gasteiger partial charge in [0.2, 0.25) is 0 Å². The molecule has 0 aliphatic carbocycles. The molecular weight excluding hydrogens is 164 g/mol. The van der Waals surface area contributed by atoms with Crippen LogP contribution in [0.2, 0.25) is 0 Å². The largest absolute Gasteiger partial charge is 0.384 e. The van der Waals surface area contributed by atoms with E-state index in [1.54, 1.807) is 20.2 Å². The molecule has 1 atom stereocenters. The second-order valence-corrected chi connectivity index (χ2v) is 4.02. The second-order valence-electron chi connectivity index (χ2n) is 4.02. The van der Waals surface area contributed by atoms with Gasteiger partial charge in [-0.1, -0.05) is 6.92 Å². The van der Waals surface area contributed by atoms with Gasteiger partial charge in [-0.05, 0) is 27.2 Å². The summed E-state index contributed by atoms with van der Waals surface area (Å²) in [6.07, 6.45) is 4.76. The lowest BCUT2D eigenvalue weighted by Gasteiger charge is -2.14. The van der Waals surface area contributed by atoms with E-state index >= 15 is 0 Å². The molecule has 0 bridgehead atoms. The Balaban J connectivity index is 2.87. The van der Waals surface area contributed by atoms with Gasteiger partial charge in [0.25, 0.3) is 0 Å². The first-order valence-electron chi connectivity index (χ1n) is 4.71. The van der Waals surface area contributed by atoms with E-state index in [0.717, 1.165) is 12.1 Å². The van der Waals surface area contributed by atoms with Gasteiger partial charge >= 0.3 is 0 Å². The molecular formula is C10H18N2O. The molecule has 3 heteroatoms. The highest BCUT2D eigenvalue weighted by atomic mass is 16.3. The van der Waals surface area contributed by atoms with Gasteiger partial charge in [0.15, 0.2) is 0 Å². The SMILES string of the molecule is CCC(C)n1cnc(C(C)(C)O)c1. The molecule has 1 rings (SSSR count). The quantitative estimate of drug-likeness (QED) is 0.777. The van der Waals surface area contributed by atoms with Crippen LogP contribution in [0, 0.1) is 0 Å². The van der Waals surface area contributed by atoms with Gasteiger partial charge in [0.05, 0.1) is 12.0 Å². The maximum atomic E-state index is 9.68. The molecule has 1 heterocycles. The number of rotatable bonds is 3. The van der Waals surface area contributed by atoms with Crippen molar-refractivity contribution in [3.63, 3.8) is 0 Å². The number of hydrogen-bond donors (Lipinski definition) is 1. The Labute approximate surface area is 79.4 Å². The highest BCUT2D eigenvalue weighted by molar-refractivity contribution is 5.06. The van der Waals surface area contributed by atoms with E-state index in [1.165, 1.54) is 0 Å². The van der Waals surface area contributed by atoms with E-state index in [0.29, 0.717) is 6.04 Å². The summed E-state index contributed by atoms with van der Waals surface area (Å²) in [5, 5.41) is 9.68. The molecule has 74 valence electrons. The van der Waals surface area contributed by atoms with Crippen molar-refractivity contribution in [3.05, 3.63) is 18.2 Å². The summed E-state index contributed by atoms with van der Waals surface area (Å²) in [5.74, 6) is 0. The molecule has 1 aromatic rings. The lowest BCUT2D eigenvalue weighted by atomic mass is 10.1. The fraction of sp³-hybridized carbons (Fsp3) is 0.700. The third kappa shape index (κ3) is 2.31. The second kappa shape index (κ2) is 3.50. The molecule has 0 aromatic carbocycles. The third-order valence-corrected chi connectivity index (χ3v) is 2.33. The van der Waals surface area contributed by atoms with Crippen molar-refractivity contribution in [1.82, 2.24) is 9.55 Å². The molecule has 0 spiro atoms. The standard InChI is InChI=1S/C10H18N2O/c1-5-8(2)12-6-9(11-7-12)10(3,4)13/h6-8,13H,5H2,1-4H3. The van der Waals surface area contributed by atoms with Gasteiger partial charge < -0.3 is 9.67 Å². The minimum atomic E-state index is -0.835. The first-order chi connectivity index (χ1) is 5.95. The number of nitrogens with zero attached hydrogens (tertiary/aromatic N) is 2. The van der Waals surface area contributed by atoms with E-state index in [1.807, 2.05) is 10.8 Å². The minimum absolute atomic E-state index is 0.448. The molecule has 1 aromatic heterocycles. The van der Waals surface area contributed by atoms with Crippen LogP contribution in [0.5, 0.6) is 0 Å². The van der Waals surface area contributed by atoms with Crippen LogP contribution in [0.15, 0.2) is 12.5 Å². The summed E-state index contributed by atoms with van der Waals surface area (Å²) in [6, 6.07) is 0.448. The number of aromatic nitrogens is 2. The van der Waals surface area contributed by atoms with Gasteiger partial charge in [-0.3, -0.25) is 0 Å². The van der Waals surface area contributed by atoms with Crippen LogP contribution >= 0.6 is 0 Å². The lowest BCUT2D eigenvalue weighted by Crippen LogP contribution is -2.15. The van der Waals surface area contributed by atoms with Crippen molar-refractivity contribution >= 4 is 0 Å². The summed E-state index contributed by atoms with van der Waals surface area (Å²) in [7, 11) is 0. The van der Waals surface area contributed by atoms with Crippen molar-refractivity contribution in [2.45, 2.75) is 45.8 Å². The van der Waals surface area contributed by atoms with Gasteiger partial charge in [0, 0.05) is 12.2 Å². The number of hydrogen-bond acceptors (Lipinski definition) is 2. The lowest BCUT2D eigenvalue weighted by molar-refractivity contribution is 0.0741. The fourth-order valence-corrected chi connectivity index (χ4v) is 1.10. The smallest absolute Gasteiger partial charge is 0.102 e. The molecule has 0 fully saturated rings. The van der Waals surface area contributed by atoms with E-state index in [-0.39, 0.29) is 0 Å².